The zero-order valence-corrected chi connectivity index (χ0v) is 11.8. The first-order valence-corrected chi connectivity index (χ1v) is 6.65. The van der Waals surface area contributed by atoms with E-state index in [-0.39, 0.29) is 5.69 Å². The Balaban J connectivity index is 2.39. The van der Waals surface area contributed by atoms with Gasteiger partial charge in [0, 0.05) is 16.8 Å². The number of aromatic amines is 1. The molecule has 2 heterocycles. The lowest BCUT2D eigenvalue weighted by molar-refractivity contribution is 0.945. The van der Waals surface area contributed by atoms with Crippen molar-refractivity contribution in [3.63, 3.8) is 0 Å². The van der Waals surface area contributed by atoms with Crippen LogP contribution in [-0.4, -0.2) is 19.6 Å². The number of hydrogen-bond donors (Lipinski definition) is 1. The minimum Gasteiger partial charge on any atom is -0.246 e. The van der Waals surface area contributed by atoms with Gasteiger partial charge in [0.2, 0.25) is 0 Å². The Hall–Kier alpha value is -2.43. The highest BCUT2D eigenvalue weighted by Crippen LogP contribution is 2.21. The van der Waals surface area contributed by atoms with Gasteiger partial charge < -0.3 is 0 Å². The van der Waals surface area contributed by atoms with Crippen LogP contribution in [0.4, 0.5) is 0 Å². The number of nitrogens with one attached hydrogen (secondary N) is 1. The van der Waals surface area contributed by atoms with Crippen molar-refractivity contribution in [3.05, 3.63) is 51.6 Å². The Kier molecular flexibility index (Phi) is 2.89. The van der Waals surface area contributed by atoms with Crippen molar-refractivity contribution < 1.29 is 0 Å². The van der Waals surface area contributed by atoms with E-state index in [9.17, 15) is 4.79 Å². The molecule has 0 radical (unpaired) electrons. The maximum atomic E-state index is 12.0. The normalized spacial score (nSPS) is 11.2. The average Bonchev–Trinajstić information content (AvgIpc) is 2.84. The molecule has 2 aromatic heterocycles. The van der Waals surface area contributed by atoms with Gasteiger partial charge in [-0.05, 0) is 20.3 Å². The van der Waals surface area contributed by atoms with Crippen molar-refractivity contribution in [2.75, 3.05) is 0 Å². The highest BCUT2D eigenvalue weighted by atomic mass is 16.1. The molecule has 0 spiro atoms. The summed E-state index contributed by atoms with van der Waals surface area (Å²) in [7, 11) is 0. The van der Waals surface area contributed by atoms with Gasteiger partial charge >= 0.3 is 5.69 Å². The average molecular weight is 268 g/mol. The van der Waals surface area contributed by atoms with Crippen molar-refractivity contribution in [2.45, 2.75) is 27.2 Å². The molecule has 1 aromatic carbocycles. The van der Waals surface area contributed by atoms with E-state index in [1.54, 1.807) is 4.40 Å². The lowest BCUT2D eigenvalue weighted by Gasteiger charge is -2.09. The summed E-state index contributed by atoms with van der Waals surface area (Å²) in [6, 6.07) is 7.98. The van der Waals surface area contributed by atoms with Crippen LogP contribution in [0.2, 0.25) is 0 Å². The number of hydrogen-bond acceptors (Lipinski definition) is 3. The van der Waals surface area contributed by atoms with Gasteiger partial charge in [-0.15, -0.1) is 0 Å². The summed E-state index contributed by atoms with van der Waals surface area (Å²) in [5.74, 6) is 0.640. The first-order valence-electron chi connectivity index (χ1n) is 6.65. The number of benzene rings is 1. The smallest absolute Gasteiger partial charge is 0.246 e. The zero-order chi connectivity index (χ0) is 14.3. The fourth-order valence-corrected chi connectivity index (χ4v) is 2.38. The quantitative estimate of drug-likeness (QED) is 0.775. The number of nitrogens with zero attached hydrogens (tertiary/aromatic N) is 3. The monoisotopic (exact) mass is 268 g/mol. The summed E-state index contributed by atoms with van der Waals surface area (Å²) in [4.78, 5) is 16.7. The Morgan fingerprint density at radius 3 is 2.55 bits per heavy atom. The second-order valence-electron chi connectivity index (χ2n) is 4.91. The molecule has 0 saturated carbocycles. The third kappa shape index (κ3) is 1.82. The summed E-state index contributed by atoms with van der Waals surface area (Å²) in [6.07, 6.45) is 0.808. The molecular weight excluding hydrogens is 252 g/mol. The minimum atomic E-state index is -0.256. The third-order valence-corrected chi connectivity index (χ3v) is 3.54. The number of aryl methyl sites for hydroxylation is 3. The molecule has 3 rings (SSSR count). The summed E-state index contributed by atoms with van der Waals surface area (Å²) in [5.41, 5.74) is 4.39. The van der Waals surface area contributed by atoms with Crippen LogP contribution in [-0.2, 0) is 6.42 Å². The Morgan fingerprint density at radius 2 is 1.90 bits per heavy atom. The Bertz CT molecular complexity index is 827. The second-order valence-corrected chi connectivity index (χ2v) is 4.91. The lowest BCUT2D eigenvalue weighted by atomic mass is 10.1. The fourth-order valence-electron chi connectivity index (χ4n) is 2.38. The second kappa shape index (κ2) is 4.59. The molecule has 1 N–H and O–H groups in total. The molecular formula is C15H16N4O. The van der Waals surface area contributed by atoms with E-state index in [1.165, 1.54) is 5.56 Å². The standard InChI is InChI=1S/C15H16N4O/c1-4-12-10(3)13-17-18-15(20)19(13)14(16-12)11-7-5-9(2)6-8-11/h5-8H,4H2,1-3H3,(H,18,20). The van der Waals surface area contributed by atoms with Gasteiger partial charge in [0.1, 0.15) is 5.82 Å². The predicted octanol–water partition coefficient (Wildman–Crippen LogP) is 2.26. The molecule has 102 valence electrons. The maximum Gasteiger partial charge on any atom is 0.349 e. The molecule has 0 aliphatic carbocycles. The first-order chi connectivity index (χ1) is 9.61. The highest BCUT2D eigenvalue weighted by molar-refractivity contribution is 5.62. The largest absolute Gasteiger partial charge is 0.349 e. The third-order valence-electron chi connectivity index (χ3n) is 3.54. The summed E-state index contributed by atoms with van der Waals surface area (Å²) >= 11 is 0. The van der Waals surface area contributed by atoms with Gasteiger partial charge in [-0.1, -0.05) is 36.8 Å². The lowest BCUT2D eigenvalue weighted by Crippen LogP contribution is -2.14. The molecule has 0 unspecified atom stereocenters. The van der Waals surface area contributed by atoms with Gasteiger partial charge in [-0.2, -0.15) is 5.10 Å². The van der Waals surface area contributed by atoms with Gasteiger partial charge in [-0.25, -0.2) is 19.3 Å². The Morgan fingerprint density at radius 1 is 1.20 bits per heavy atom. The van der Waals surface area contributed by atoms with Gasteiger partial charge in [0.05, 0.1) is 0 Å². The number of fused-ring (bicyclic) bond motifs is 1. The van der Waals surface area contributed by atoms with Crippen molar-refractivity contribution in [2.24, 2.45) is 0 Å². The number of rotatable bonds is 2. The summed E-state index contributed by atoms with van der Waals surface area (Å²) in [5, 5.41) is 6.62. The van der Waals surface area contributed by atoms with Crippen LogP contribution < -0.4 is 5.69 Å². The van der Waals surface area contributed by atoms with Crippen molar-refractivity contribution in [3.8, 4) is 11.4 Å². The molecule has 0 amide bonds. The van der Waals surface area contributed by atoms with E-state index in [0.29, 0.717) is 11.5 Å². The number of H-pyrrole nitrogens is 1. The minimum absolute atomic E-state index is 0.256. The van der Waals surface area contributed by atoms with Crippen LogP contribution >= 0.6 is 0 Å². The first kappa shape index (κ1) is 12.6. The molecule has 20 heavy (non-hydrogen) atoms. The topological polar surface area (TPSA) is 63.1 Å². The van der Waals surface area contributed by atoms with E-state index >= 15 is 0 Å². The highest BCUT2D eigenvalue weighted by Gasteiger charge is 2.15. The molecule has 0 fully saturated rings. The van der Waals surface area contributed by atoms with Crippen molar-refractivity contribution in [1.82, 2.24) is 19.6 Å². The van der Waals surface area contributed by atoms with E-state index in [2.05, 4.69) is 22.1 Å². The van der Waals surface area contributed by atoms with Crippen LogP contribution in [0, 0.1) is 13.8 Å². The van der Waals surface area contributed by atoms with Crippen LogP contribution in [0.5, 0.6) is 0 Å². The summed E-state index contributed by atoms with van der Waals surface area (Å²) < 4.78 is 1.54. The van der Waals surface area contributed by atoms with E-state index in [0.717, 1.165) is 23.2 Å². The summed E-state index contributed by atoms with van der Waals surface area (Å²) in [6.45, 7) is 6.03. The molecule has 0 atom stereocenters. The van der Waals surface area contributed by atoms with Crippen LogP contribution in [0.3, 0.4) is 0 Å². The van der Waals surface area contributed by atoms with Crippen LogP contribution in [0.25, 0.3) is 17.0 Å². The molecule has 0 aliphatic rings. The van der Waals surface area contributed by atoms with Crippen LogP contribution in [0.1, 0.15) is 23.7 Å². The Labute approximate surface area is 116 Å². The molecule has 0 saturated heterocycles. The maximum absolute atomic E-state index is 12.0. The molecule has 3 aromatic rings. The molecule has 5 heteroatoms. The van der Waals surface area contributed by atoms with Crippen LogP contribution in [0.15, 0.2) is 29.1 Å². The predicted molar refractivity (Wildman–Crippen MR) is 77.9 cm³/mol. The zero-order valence-electron chi connectivity index (χ0n) is 11.8. The number of aromatic nitrogens is 4. The SMILES string of the molecule is CCc1nc(-c2ccc(C)cc2)n2c(=O)[nH]nc2c1C. The molecule has 5 nitrogen and oxygen atoms in total. The van der Waals surface area contributed by atoms with Crippen molar-refractivity contribution >= 4 is 5.65 Å². The van der Waals surface area contributed by atoms with E-state index in [1.807, 2.05) is 38.1 Å². The van der Waals surface area contributed by atoms with Gasteiger partial charge in [0.15, 0.2) is 5.65 Å². The van der Waals surface area contributed by atoms with Gasteiger partial charge in [0.25, 0.3) is 0 Å². The van der Waals surface area contributed by atoms with Crippen molar-refractivity contribution in [1.29, 1.82) is 0 Å². The van der Waals surface area contributed by atoms with Gasteiger partial charge in [-0.3, -0.25) is 0 Å². The molecule has 0 bridgehead atoms. The molecule has 0 aliphatic heterocycles. The van der Waals surface area contributed by atoms with E-state index in [4.69, 9.17) is 0 Å². The fraction of sp³-hybridized carbons (Fsp3) is 0.267. The van der Waals surface area contributed by atoms with E-state index < -0.39 is 0 Å².